The van der Waals surface area contributed by atoms with Crippen LogP contribution in [0, 0.1) is 17.1 Å². The summed E-state index contributed by atoms with van der Waals surface area (Å²) >= 11 is 0. The molecule has 206 valence electrons. The quantitative estimate of drug-likeness (QED) is 0.357. The molecular formula is C29H30FN7O3. The van der Waals surface area contributed by atoms with Crippen molar-refractivity contribution in [1.29, 1.82) is 5.26 Å². The van der Waals surface area contributed by atoms with Crippen LogP contribution in [0.25, 0.3) is 16.6 Å². The number of pyridine rings is 3. The highest BCUT2D eigenvalue weighted by molar-refractivity contribution is 5.85. The molecule has 0 aromatic carbocycles. The molecule has 0 aliphatic carbocycles. The molecule has 2 unspecified atom stereocenters. The molecule has 1 N–H and O–H groups in total. The van der Waals surface area contributed by atoms with Gasteiger partial charge in [0.15, 0.2) is 11.6 Å². The Morgan fingerprint density at radius 2 is 1.93 bits per heavy atom. The number of rotatable bonds is 8. The molecule has 3 saturated heterocycles. The minimum absolute atomic E-state index is 0.0652. The van der Waals surface area contributed by atoms with Crippen LogP contribution in [0.2, 0.25) is 0 Å². The molecule has 3 aliphatic rings. The van der Waals surface area contributed by atoms with Crippen molar-refractivity contribution >= 4 is 11.3 Å². The number of anilines is 1. The zero-order valence-electron chi connectivity index (χ0n) is 22.6. The van der Waals surface area contributed by atoms with E-state index in [0.29, 0.717) is 29.0 Å². The van der Waals surface area contributed by atoms with Gasteiger partial charge < -0.3 is 19.5 Å². The Morgan fingerprint density at radius 1 is 1.12 bits per heavy atom. The molecular weight excluding hydrogens is 513 g/mol. The van der Waals surface area contributed by atoms with Crippen molar-refractivity contribution in [3.63, 3.8) is 0 Å². The molecule has 0 radical (unpaired) electrons. The van der Waals surface area contributed by atoms with Crippen molar-refractivity contribution in [2.45, 2.75) is 44.5 Å². The first-order chi connectivity index (χ1) is 19.2. The summed E-state index contributed by atoms with van der Waals surface area (Å²) in [4.78, 5) is 13.8. The van der Waals surface area contributed by atoms with E-state index in [4.69, 9.17) is 9.47 Å². The maximum absolute atomic E-state index is 15.8. The van der Waals surface area contributed by atoms with Gasteiger partial charge in [-0.2, -0.15) is 10.4 Å². The summed E-state index contributed by atoms with van der Waals surface area (Å²) in [5.41, 5.74) is 1.28. The third kappa shape index (κ3) is 4.80. The van der Waals surface area contributed by atoms with Gasteiger partial charge in [-0.05, 0) is 38.0 Å². The first kappa shape index (κ1) is 26.0. The van der Waals surface area contributed by atoms with Crippen molar-refractivity contribution in [2.24, 2.45) is 0 Å². The van der Waals surface area contributed by atoms with Crippen LogP contribution in [0.5, 0.6) is 11.6 Å². The Bertz CT molecular complexity index is 1560. The number of piperazine rings is 1. The number of nitriles is 1. The Morgan fingerprint density at radius 3 is 2.55 bits per heavy atom. The minimum Gasteiger partial charge on any atom is -0.486 e. The number of fused-ring (bicyclic) bond motifs is 3. The summed E-state index contributed by atoms with van der Waals surface area (Å²) in [6, 6.07) is 10.6. The first-order valence-corrected chi connectivity index (χ1v) is 13.1. The highest BCUT2D eigenvalue weighted by Gasteiger charge is 2.44. The average Bonchev–Trinajstić information content (AvgIpc) is 3.37. The van der Waals surface area contributed by atoms with Crippen molar-refractivity contribution in [2.75, 3.05) is 31.7 Å². The van der Waals surface area contributed by atoms with Gasteiger partial charge in [0, 0.05) is 55.7 Å². The van der Waals surface area contributed by atoms with Gasteiger partial charge in [0.25, 0.3) is 0 Å². The van der Waals surface area contributed by atoms with Gasteiger partial charge in [-0.3, -0.25) is 4.90 Å². The van der Waals surface area contributed by atoms with Crippen molar-refractivity contribution in [3.8, 4) is 28.8 Å². The van der Waals surface area contributed by atoms with Gasteiger partial charge in [-0.25, -0.2) is 18.9 Å². The van der Waals surface area contributed by atoms with E-state index in [2.05, 4.69) is 37.0 Å². The lowest BCUT2D eigenvalue weighted by Crippen LogP contribution is -2.68. The summed E-state index contributed by atoms with van der Waals surface area (Å²) in [6.07, 6.45) is 7.42. The van der Waals surface area contributed by atoms with E-state index in [9.17, 15) is 10.4 Å². The highest BCUT2D eigenvalue weighted by atomic mass is 19.1. The Balaban J connectivity index is 1.22. The molecule has 3 fully saturated rings. The summed E-state index contributed by atoms with van der Waals surface area (Å²) < 4.78 is 28.0. The summed E-state index contributed by atoms with van der Waals surface area (Å²) in [5, 5.41) is 23.9. The molecule has 4 aromatic heterocycles. The second-order valence-corrected chi connectivity index (χ2v) is 11.0. The van der Waals surface area contributed by atoms with Crippen molar-refractivity contribution in [1.82, 2.24) is 24.5 Å². The molecule has 0 saturated carbocycles. The van der Waals surface area contributed by atoms with Crippen molar-refractivity contribution in [3.05, 3.63) is 66.0 Å². The highest BCUT2D eigenvalue weighted by Crippen LogP contribution is 2.38. The van der Waals surface area contributed by atoms with E-state index < -0.39 is 11.4 Å². The van der Waals surface area contributed by atoms with Gasteiger partial charge in [0.05, 0.1) is 41.7 Å². The third-order valence-electron chi connectivity index (χ3n) is 7.49. The van der Waals surface area contributed by atoms with E-state index in [1.165, 1.54) is 16.9 Å². The number of aromatic nitrogens is 4. The topological polar surface area (TPSA) is 112 Å². The minimum atomic E-state index is -1.15. The van der Waals surface area contributed by atoms with E-state index in [-0.39, 0.29) is 23.5 Å². The number of ether oxygens (including phenoxy) is 2. The fourth-order valence-electron chi connectivity index (χ4n) is 5.49. The number of methoxy groups -OCH3 is 1. The van der Waals surface area contributed by atoms with Crippen molar-refractivity contribution < 1.29 is 19.0 Å². The monoisotopic (exact) mass is 543 g/mol. The molecule has 7 rings (SSSR count). The molecule has 3 aliphatic heterocycles. The van der Waals surface area contributed by atoms with E-state index in [1.807, 2.05) is 24.4 Å². The molecule has 7 heterocycles. The fraction of sp³-hybridized carbons (Fsp3) is 0.379. The number of piperidine rings is 1. The number of nitrogens with zero attached hydrogens (tertiary/aromatic N) is 7. The molecule has 11 heteroatoms. The predicted octanol–water partition coefficient (Wildman–Crippen LogP) is 3.42. The van der Waals surface area contributed by atoms with E-state index in [1.54, 1.807) is 27.2 Å². The van der Waals surface area contributed by atoms with Crippen LogP contribution in [-0.4, -0.2) is 74.1 Å². The SMILES string of the molecule is COc1ccc(CN2C3CC2CN(c2ccc(-c4c(F)c(OCC(C)(C)O)cn5ncc(C#N)c45)cn2)C3)cn1. The summed E-state index contributed by atoms with van der Waals surface area (Å²) in [6.45, 7) is 5.60. The van der Waals surface area contributed by atoms with E-state index >= 15 is 4.39 Å². The van der Waals surface area contributed by atoms with Gasteiger partial charge >= 0.3 is 0 Å². The van der Waals surface area contributed by atoms with Crippen LogP contribution in [0.4, 0.5) is 10.2 Å². The largest absolute Gasteiger partial charge is 0.486 e. The molecule has 2 bridgehead atoms. The van der Waals surface area contributed by atoms with Gasteiger partial charge in [0.2, 0.25) is 5.88 Å². The van der Waals surface area contributed by atoms with E-state index in [0.717, 1.165) is 37.4 Å². The number of hydrogen-bond acceptors (Lipinski definition) is 9. The number of hydrogen-bond donors (Lipinski definition) is 1. The van der Waals surface area contributed by atoms with Gasteiger partial charge in [-0.1, -0.05) is 6.07 Å². The van der Waals surface area contributed by atoms with Crippen LogP contribution in [0.1, 0.15) is 31.4 Å². The first-order valence-electron chi connectivity index (χ1n) is 13.1. The Labute approximate surface area is 231 Å². The lowest BCUT2D eigenvalue weighted by atomic mass is 9.87. The molecule has 2 atom stereocenters. The zero-order chi connectivity index (χ0) is 28.0. The van der Waals surface area contributed by atoms with Crippen LogP contribution in [0.15, 0.2) is 49.1 Å². The molecule has 0 amide bonds. The summed E-state index contributed by atoms with van der Waals surface area (Å²) in [5.74, 6) is 0.735. The Hall–Kier alpha value is -4.27. The predicted molar refractivity (Wildman–Crippen MR) is 146 cm³/mol. The second-order valence-electron chi connectivity index (χ2n) is 11.0. The third-order valence-corrected chi connectivity index (χ3v) is 7.49. The Kier molecular flexibility index (Phi) is 6.52. The number of aliphatic hydroxyl groups is 1. The maximum atomic E-state index is 15.8. The van der Waals surface area contributed by atoms with Crippen LogP contribution >= 0.6 is 0 Å². The fourth-order valence-corrected chi connectivity index (χ4v) is 5.49. The molecule has 40 heavy (non-hydrogen) atoms. The maximum Gasteiger partial charge on any atom is 0.212 e. The summed E-state index contributed by atoms with van der Waals surface area (Å²) in [7, 11) is 1.61. The van der Waals surface area contributed by atoms with Gasteiger partial charge in [-0.15, -0.1) is 0 Å². The number of halogens is 1. The molecule has 0 spiro atoms. The van der Waals surface area contributed by atoms with Gasteiger partial charge in [0.1, 0.15) is 18.5 Å². The zero-order valence-corrected chi connectivity index (χ0v) is 22.6. The van der Waals surface area contributed by atoms with Crippen LogP contribution in [0.3, 0.4) is 0 Å². The average molecular weight is 544 g/mol. The molecule has 4 aromatic rings. The molecule has 10 nitrogen and oxygen atoms in total. The standard InChI is InChI=1S/C29H30FN7O3/c1-29(2,38)17-40-23-16-37-28(20(9-31)12-34-37)26(27(23)30)19-5-6-24(32-11-19)35-14-21-8-22(15-35)36(21)13-18-4-7-25(39-3)33-10-18/h4-7,10-12,16,21-22,38H,8,13-15,17H2,1-3H3. The normalized spacial score (nSPS) is 18.9. The lowest BCUT2D eigenvalue weighted by molar-refractivity contribution is -0.00876. The smallest absolute Gasteiger partial charge is 0.212 e. The second kappa shape index (κ2) is 10.0. The van der Waals surface area contributed by atoms with Crippen LogP contribution in [-0.2, 0) is 6.54 Å². The van der Waals surface area contributed by atoms with Crippen LogP contribution < -0.4 is 14.4 Å². The lowest BCUT2D eigenvalue weighted by Gasteiger charge is -2.56.